The quantitative estimate of drug-likeness (QED) is 0.346. The molecule has 0 aliphatic heterocycles. The third kappa shape index (κ3) is 5.47. The van der Waals surface area contributed by atoms with Gasteiger partial charge in [0.25, 0.3) is 10.0 Å². The van der Waals surface area contributed by atoms with Gasteiger partial charge in [-0.25, -0.2) is 17.9 Å². The molecule has 2 N–H and O–H groups in total. The van der Waals surface area contributed by atoms with Gasteiger partial charge in [0.2, 0.25) is 11.6 Å². The maximum absolute atomic E-state index is 11.8. The highest BCUT2D eigenvalue weighted by Crippen LogP contribution is 2.18. The fourth-order valence-corrected chi connectivity index (χ4v) is 2.50. The van der Waals surface area contributed by atoms with Crippen LogP contribution in [0.1, 0.15) is 20.8 Å². The molecule has 0 aliphatic rings. The summed E-state index contributed by atoms with van der Waals surface area (Å²) in [6.07, 6.45) is 0. The number of ether oxygens (including phenoxy) is 1. The van der Waals surface area contributed by atoms with Crippen LogP contribution < -0.4 is 4.72 Å². The van der Waals surface area contributed by atoms with E-state index in [2.05, 4.69) is 10.2 Å². The summed E-state index contributed by atoms with van der Waals surface area (Å²) in [5.74, 6) is -1.89. The van der Waals surface area contributed by atoms with Gasteiger partial charge in [-0.1, -0.05) is 0 Å². The Morgan fingerprint density at radius 3 is 2.25 bits per heavy atom. The number of aliphatic hydroxyl groups is 1. The zero-order valence-electron chi connectivity index (χ0n) is 13.3. The van der Waals surface area contributed by atoms with Crippen LogP contribution >= 0.6 is 0 Å². The number of amides is 1. The molecule has 0 bridgehead atoms. The van der Waals surface area contributed by atoms with Gasteiger partial charge >= 0.3 is 5.97 Å². The van der Waals surface area contributed by atoms with Crippen molar-refractivity contribution in [2.24, 2.45) is 10.2 Å². The van der Waals surface area contributed by atoms with Crippen LogP contribution in [0.2, 0.25) is 0 Å². The number of azo groups is 1. The predicted molar refractivity (Wildman–Crippen MR) is 83.9 cm³/mol. The van der Waals surface area contributed by atoms with Crippen LogP contribution in [0.3, 0.4) is 0 Å². The Morgan fingerprint density at radius 1 is 1.21 bits per heavy atom. The first-order valence-corrected chi connectivity index (χ1v) is 8.28. The molecule has 10 heteroatoms. The number of esters is 1. The van der Waals surface area contributed by atoms with E-state index in [1.807, 2.05) is 4.72 Å². The predicted octanol–water partition coefficient (Wildman–Crippen LogP) is 1.95. The Balaban J connectivity index is 3.00. The van der Waals surface area contributed by atoms with Crippen LogP contribution in [0, 0.1) is 0 Å². The van der Waals surface area contributed by atoms with Crippen LogP contribution in [-0.4, -0.2) is 32.0 Å². The molecule has 0 heterocycles. The SMILES string of the molecule is CCOC(=O)C(N=Nc1ccc(S(=O)(=O)NC(C)=O)cc1)=C(C)O. The Morgan fingerprint density at radius 2 is 1.79 bits per heavy atom. The molecule has 0 radical (unpaired) electrons. The van der Waals surface area contributed by atoms with Gasteiger partial charge in [0.1, 0.15) is 5.76 Å². The maximum atomic E-state index is 11.8. The van der Waals surface area contributed by atoms with Crippen LogP contribution in [0.4, 0.5) is 5.69 Å². The Hall–Kier alpha value is -2.75. The molecule has 0 saturated heterocycles. The van der Waals surface area contributed by atoms with Crippen molar-refractivity contribution in [1.82, 2.24) is 4.72 Å². The highest BCUT2D eigenvalue weighted by Gasteiger charge is 2.16. The summed E-state index contributed by atoms with van der Waals surface area (Å²) < 4.78 is 30.1. The molecule has 9 nitrogen and oxygen atoms in total. The summed E-state index contributed by atoms with van der Waals surface area (Å²) >= 11 is 0. The number of sulfonamides is 1. The number of hydrogen-bond acceptors (Lipinski definition) is 8. The number of carbonyl (C=O) groups excluding carboxylic acids is 2. The summed E-state index contributed by atoms with van der Waals surface area (Å²) in [6, 6.07) is 5.10. The lowest BCUT2D eigenvalue weighted by Crippen LogP contribution is -2.28. The van der Waals surface area contributed by atoms with Crippen molar-refractivity contribution in [1.29, 1.82) is 0 Å². The number of nitrogens with zero attached hydrogens (tertiary/aromatic N) is 2. The number of benzene rings is 1. The number of allylic oxidation sites excluding steroid dienone is 1. The summed E-state index contributed by atoms with van der Waals surface area (Å²) in [4.78, 5) is 22.3. The van der Waals surface area contributed by atoms with E-state index >= 15 is 0 Å². The molecule has 0 saturated carbocycles. The molecule has 1 aromatic carbocycles. The number of rotatable bonds is 6. The average molecular weight is 355 g/mol. The molecule has 0 spiro atoms. The van der Waals surface area contributed by atoms with E-state index in [1.165, 1.54) is 31.2 Å². The molecular formula is C14H17N3O6S. The molecule has 24 heavy (non-hydrogen) atoms. The van der Waals surface area contributed by atoms with E-state index in [0.29, 0.717) is 0 Å². The van der Waals surface area contributed by atoms with Crippen LogP contribution in [0.25, 0.3) is 0 Å². The second kappa shape index (κ2) is 8.20. The fraction of sp³-hybridized carbons (Fsp3) is 0.286. The van der Waals surface area contributed by atoms with Gasteiger partial charge in [-0.3, -0.25) is 4.79 Å². The second-order valence-corrected chi connectivity index (χ2v) is 6.19. The monoisotopic (exact) mass is 355 g/mol. The lowest BCUT2D eigenvalue weighted by molar-refractivity contribution is -0.138. The Labute approximate surface area is 139 Å². The summed E-state index contributed by atoms with van der Waals surface area (Å²) in [6.45, 7) is 4.06. The van der Waals surface area contributed by atoms with E-state index < -0.39 is 21.9 Å². The van der Waals surface area contributed by atoms with Gasteiger partial charge in [-0.05, 0) is 38.1 Å². The number of nitrogens with one attached hydrogen (secondary N) is 1. The van der Waals surface area contributed by atoms with E-state index in [-0.39, 0.29) is 28.6 Å². The van der Waals surface area contributed by atoms with Gasteiger partial charge in [-0.2, -0.15) is 5.11 Å². The van der Waals surface area contributed by atoms with Crippen molar-refractivity contribution in [2.45, 2.75) is 25.7 Å². The summed E-state index contributed by atoms with van der Waals surface area (Å²) in [5.41, 5.74) is -0.119. The lowest BCUT2D eigenvalue weighted by atomic mass is 10.3. The molecule has 0 atom stereocenters. The first-order chi connectivity index (χ1) is 11.2. The minimum absolute atomic E-state index is 0.112. The third-order valence-corrected chi connectivity index (χ3v) is 3.95. The Kier molecular flexibility index (Phi) is 6.59. The van der Waals surface area contributed by atoms with Gasteiger partial charge < -0.3 is 9.84 Å². The average Bonchev–Trinajstić information content (AvgIpc) is 2.46. The number of carbonyl (C=O) groups is 2. The lowest BCUT2D eigenvalue weighted by Gasteiger charge is -2.04. The van der Waals surface area contributed by atoms with Gasteiger partial charge in [0.05, 0.1) is 17.2 Å². The second-order valence-electron chi connectivity index (χ2n) is 4.51. The standard InChI is InChI=1S/C14H17N3O6S/c1-4-23-14(20)13(9(2)18)16-15-11-5-7-12(8-6-11)24(21,22)17-10(3)19/h5-8,18H,4H2,1-3H3,(H,17,19). The van der Waals surface area contributed by atoms with Crippen LogP contribution in [-0.2, 0) is 24.3 Å². The Bertz CT molecular complexity index is 777. The molecule has 1 rings (SSSR count). The van der Waals surface area contributed by atoms with Crippen molar-refractivity contribution < 1.29 is 27.9 Å². The fourth-order valence-electron chi connectivity index (χ4n) is 1.51. The molecule has 0 fully saturated rings. The van der Waals surface area contributed by atoms with Gasteiger partial charge in [0, 0.05) is 6.92 Å². The van der Waals surface area contributed by atoms with E-state index in [1.54, 1.807) is 6.92 Å². The van der Waals surface area contributed by atoms with E-state index in [4.69, 9.17) is 4.74 Å². The largest absolute Gasteiger partial charge is 0.510 e. The first kappa shape index (κ1) is 19.3. The molecule has 1 amide bonds. The zero-order chi connectivity index (χ0) is 18.3. The third-order valence-electron chi connectivity index (χ3n) is 2.50. The normalized spacial score (nSPS) is 12.6. The van der Waals surface area contributed by atoms with Crippen molar-refractivity contribution in [3.8, 4) is 0 Å². The van der Waals surface area contributed by atoms with Crippen molar-refractivity contribution >= 4 is 27.6 Å². The summed E-state index contributed by atoms with van der Waals surface area (Å²) in [7, 11) is -3.94. The van der Waals surface area contributed by atoms with E-state index in [0.717, 1.165) is 6.92 Å². The molecule has 0 aliphatic carbocycles. The molecule has 1 aromatic rings. The molecule has 0 aromatic heterocycles. The first-order valence-electron chi connectivity index (χ1n) is 6.79. The minimum atomic E-state index is -3.94. The number of hydrogen-bond donors (Lipinski definition) is 2. The highest BCUT2D eigenvalue weighted by atomic mass is 32.2. The zero-order valence-corrected chi connectivity index (χ0v) is 14.1. The van der Waals surface area contributed by atoms with E-state index in [9.17, 15) is 23.1 Å². The summed E-state index contributed by atoms with van der Waals surface area (Å²) in [5, 5.41) is 16.8. The van der Waals surface area contributed by atoms with Crippen molar-refractivity contribution in [3.63, 3.8) is 0 Å². The number of aliphatic hydroxyl groups excluding tert-OH is 1. The minimum Gasteiger partial charge on any atom is -0.510 e. The highest BCUT2D eigenvalue weighted by molar-refractivity contribution is 7.90. The van der Waals surface area contributed by atoms with Crippen molar-refractivity contribution in [2.75, 3.05) is 6.61 Å². The smallest absolute Gasteiger partial charge is 0.362 e. The molecule has 0 unspecified atom stereocenters. The van der Waals surface area contributed by atoms with Gasteiger partial charge in [-0.15, -0.1) is 5.11 Å². The van der Waals surface area contributed by atoms with Gasteiger partial charge in [0.15, 0.2) is 0 Å². The molecular weight excluding hydrogens is 338 g/mol. The maximum Gasteiger partial charge on any atom is 0.362 e. The van der Waals surface area contributed by atoms with Crippen LogP contribution in [0.5, 0.6) is 0 Å². The topological polar surface area (TPSA) is 134 Å². The molecule has 130 valence electrons. The van der Waals surface area contributed by atoms with Crippen molar-refractivity contribution in [3.05, 3.63) is 35.7 Å². The van der Waals surface area contributed by atoms with Crippen LogP contribution in [0.15, 0.2) is 50.8 Å².